The molecule has 0 saturated carbocycles. The number of rotatable bonds is 6. The Morgan fingerprint density at radius 2 is 1.84 bits per heavy atom. The van der Waals surface area contributed by atoms with Crippen LogP contribution >= 0.6 is 23.1 Å². The van der Waals surface area contributed by atoms with E-state index in [9.17, 15) is 29.1 Å². The monoisotopic (exact) mass is 554 g/mol. The van der Waals surface area contributed by atoms with Crippen molar-refractivity contribution in [1.82, 2.24) is 9.47 Å². The van der Waals surface area contributed by atoms with Crippen molar-refractivity contribution in [3.8, 4) is 11.5 Å². The third-order valence-electron chi connectivity index (χ3n) is 6.27. The number of phenols is 1. The molecule has 0 bridgehead atoms. The second-order valence-electron chi connectivity index (χ2n) is 8.59. The molecule has 0 aliphatic carbocycles. The molecule has 196 valence electrons. The molecule has 2 aromatic carbocycles. The molecule has 3 atom stereocenters. The number of imide groups is 3. The number of phenolic OH excluding ortho intramolecular Hbond substituents is 1. The minimum atomic E-state index is -1.18. The Morgan fingerprint density at radius 3 is 2.53 bits per heavy atom. The molecule has 5 rings (SSSR count). The number of fused-ring (bicyclic) bond motifs is 2. The highest BCUT2D eigenvalue weighted by atomic mass is 32.2. The van der Waals surface area contributed by atoms with Crippen LogP contribution in [0.4, 0.5) is 10.5 Å². The summed E-state index contributed by atoms with van der Waals surface area (Å²) in [4.78, 5) is 64.8. The number of anilines is 1. The minimum absolute atomic E-state index is 0.117. The van der Waals surface area contributed by atoms with Gasteiger partial charge in [-0.3, -0.25) is 23.7 Å². The molecular formula is C25H22N4O7S2. The van der Waals surface area contributed by atoms with Gasteiger partial charge in [0.1, 0.15) is 11.8 Å². The number of benzene rings is 2. The molecule has 11 nitrogen and oxygen atoms in total. The van der Waals surface area contributed by atoms with Crippen LogP contribution in [0.5, 0.6) is 11.5 Å². The number of nitrogens with two attached hydrogens (primary N) is 1. The molecule has 13 heteroatoms. The van der Waals surface area contributed by atoms with E-state index >= 15 is 0 Å². The third kappa shape index (κ3) is 4.33. The van der Waals surface area contributed by atoms with E-state index in [1.165, 1.54) is 10.6 Å². The Morgan fingerprint density at radius 1 is 1.11 bits per heavy atom. The lowest BCUT2D eigenvalue weighted by Gasteiger charge is -2.31. The molecule has 1 aromatic heterocycles. The first-order valence-corrected chi connectivity index (χ1v) is 13.3. The van der Waals surface area contributed by atoms with Gasteiger partial charge in [-0.25, -0.2) is 4.79 Å². The van der Waals surface area contributed by atoms with Gasteiger partial charge in [-0.2, -0.15) is 4.90 Å². The van der Waals surface area contributed by atoms with Gasteiger partial charge in [-0.15, -0.1) is 0 Å². The lowest BCUT2D eigenvalue weighted by molar-refractivity contribution is -0.135. The molecule has 0 spiro atoms. The van der Waals surface area contributed by atoms with E-state index in [1.54, 1.807) is 49.4 Å². The number of thioether (sulfide) groups is 1. The van der Waals surface area contributed by atoms with E-state index in [0.717, 1.165) is 23.1 Å². The summed E-state index contributed by atoms with van der Waals surface area (Å²) in [7, 11) is 0. The van der Waals surface area contributed by atoms with Gasteiger partial charge in [0.15, 0.2) is 11.5 Å². The highest BCUT2D eigenvalue weighted by Crippen LogP contribution is 2.53. The van der Waals surface area contributed by atoms with Crippen molar-refractivity contribution in [3.05, 3.63) is 68.6 Å². The third-order valence-corrected chi connectivity index (χ3v) is 8.88. The Balaban J connectivity index is 1.60. The summed E-state index contributed by atoms with van der Waals surface area (Å²) in [5.41, 5.74) is 6.41. The van der Waals surface area contributed by atoms with Crippen LogP contribution in [0.3, 0.4) is 0 Å². The van der Waals surface area contributed by atoms with Gasteiger partial charge in [0, 0.05) is 16.5 Å². The zero-order valence-electron chi connectivity index (χ0n) is 20.0. The predicted molar refractivity (Wildman–Crippen MR) is 139 cm³/mol. The molecule has 2 unspecified atom stereocenters. The Hall–Kier alpha value is -4.10. The summed E-state index contributed by atoms with van der Waals surface area (Å²) in [5.74, 6) is -3.81. The Bertz CT molecular complexity index is 1520. The van der Waals surface area contributed by atoms with E-state index in [0.29, 0.717) is 26.1 Å². The van der Waals surface area contributed by atoms with Crippen molar-refractivity contribution in [1.29, 1.82) is 0 Å². The lowest BCUT2D eigenvalue weighted by Crippen LogP contribution is -2.41. The quantitative estimate of drug-likeness (QED) is 0.391. The van der Waals surface area contributed by atoms with Gasteiger partial charge in [0.25, 0.3) is 5.91 Å². The number of nitrogens with one attached hydrogen (secondary N) is 1. The highest BCUT2D eigenvalue weighted by Gasteiger charge is 2.58. The number of urea groups is 1. The van der Waals surface area contributed by atoms with Crippen LogP contribution in [0.1, 0.15) is 23.3 Å². The first-order chi connectivity index (χ1) is 18.2. The fraction of sp³-hybridized carbons (Fsp3) is 0.240. The Kier molecular flexibility index (Phi) is 6.71. The normalized spacial score (nSPS) is 20.1. The number of thiazole rings is 1. The number of para-hydroxylation sites is 1. The number of amides is 5. The van der Waals surface area contributed by atoms with Gasteiger partial charge in [-0.05, 0) is 36.8 Å². The number of aromatic hydroxyl groups is 1. The molecule has 5 amide bonds. The summed E-state index contributed by atoms with van der Waals surface area (Å²) < 4.78 is 6.77. The summed E-state index contributed by atoms with van der Waals surface area (Å²) in [6.45, 7) is 1.69. The van der Waals surface area contributed by atoms with Crippen LogP contribution in [0.15, 0.2) is 58.4 Å². The molecule has 1 fully saturated rings. The molecular weight excluding hydrogens is 532 g/mol. The number of carbonyl (C=O) groups excluding carboxylic acids is 4. The number of nitrogens with zero attached hydrogens (tertiary/aromatic N) is 2. The molecule has 38 heavy (non-hydrogen) atoms. The van der Waals surface area contributed by atoms with Gasteiger partial charge in [-0.1, -0.05) is 47.4 Å². The highest BCUT2D eigenvalue weighted by molar-refractivity contribution is 8.00. The molecule has 3 aromatic rings. The largest absolute Gasteiger partial charge is 0.504 e. The fourth-order valence-corrected chi connectivity index (χ4v) is 7.47. The summed E-state index contributed by atoms with van der Waals surface area (Å²) in [6, 6.07) is 12.1. The molecule has 2 aliphatic rings. The van der Waals surface area contributed by atoms with Gasteiger partial charge < -0.3 is 20.9 Å². The van der Waals surface area contributed by atoms with E-state index < -0.39 is 45.7 Å². The van der Waals surface area contributed by atoms with Gasteiger partial charge >= 0.3 is 10.9 Å². The second-order valence-corrected chi connectivity index (χ2v) is 10.7. The lowest BCUT2D eigenvalue weighted by atomic mass is 9.83. The van der Waals surface area contributed by atoms with Crippen molar-refractivity contribution in [2.24, 2.45) is 11.7 Å². The smallest absolute Gasteiger partial charge is 0.328 e. The number of hydrogen-bond donors (Lipinski definition) is 3. The number of primary amides is 1. The topological polar surface area (TPSA) is 161 Å². The van der Waals surface area contributed by atoms with Crippen molar-refractivity contribution in [3.63, 3.8) is 0 Å². The number of likely N-dealkylation sites (tertiary alicyclic amines) is 1. The van der Waals surface area contributed by atoms with E-state index in [-0.39, 0.29) is 24.7 Å². The Labute approximate surface area is 224 Å². The van der Waals surface area contributed by atoms with Crippen LogP contribution < -0.4 is 20.7 Å². The number of carbonyl (C=O) groups is 4. The standard InChI is InChI=1S/C25H22N4O7S2/c1-2-36-15-10-12(8-9-14(15)30)17-18-19(22(33)29(21(18)32)24(26)34)37-23-20(17)38-25(35)28(23)11-16(31)27-13-6-4-3-5-7-13/h3-10,17-19,30H,2,11H2,1H3,(H2,26,34)(H,27,31)/t17-,18?,19?/m0/s1. The molecule has 3 heterocycles. The van der Waals surface area contributed by atoms with Gasteiger partial charge in [0.05, 0.1) is 17.6 Å². The van der Waals surface area contributed by atoms with Gasteiger partial charge in [0.2, 0.25) is 11.8 Å². The zero-order chi connectivity index (χ0) is 27.1. The van der Waals surface area contributed by atoms with E-state index in [4.69, 9.17) is 10.5 Å². The average molecular weight is 555 g/mol. The van der Waals surface area contributed by atoms with Crippen molar-refractivity contribution < 1.29 is 29.0 Å². The molecule has 1 saturated heterocycles. The summed E-state index contributed by atoms with van der Waals surface area (Å²) >= 11 is 1.82. The summed E-state index contributed by atoms with van der Waals surface area (Å²) in [5, 5.41) is 12.2. The van der Waals surface area contributed by atoms with Crippen molar-refractivity contribution in [2.75, 3.05) is 11.9 Å². The zero-order valence-corrected chi connectivity index (χ0v) is 21.6. The van der Waals surface area contributed by atoms with Crippen molar-refractivity contribution >= 4 is 52.5 Å². The summed E-state index contributed by atoms with van der Waals surface area (Å²) in [6.07, 6.45) is 0. The number of aromatic nitrogens is 1. The maximum absolute atomic E-state index is 13.3. The maximum atomic E-state index is 13.3. The average Bonchev–Trinajstić information content (AvgIpc) is 3.32. The van der Waals surface area contributed by atoms with Crippen LogP contribution in [0.25, 0.3) is 0 Å². The molecule has 0 radical (unpaired) electrons. The number of ether oxygens (including phenoxy) is 1. The van der Waals surface area contributed by atoms with Crippen LogP contribution in [-0.2, 0) is 20.9 Å². The van der Waals surface area contributed by atoms with Crippen LogP contribution in [0, 0.1) is 5.92 Å². The first kappa shape index (κ1) is 25.5. The second kappa shape index (κ2) is 9.99. The van der Waals surface area contributed by atoms with E-state index in [2.05, 4.69) is 5.32 Å². The van der Waals surface area contributed by atoms with Crippen LogP contribution in [0.2, 0.25) is 0 Å². The first-order valence-electron chi connectivity index (χ1n) is 11.6. The van der Waals surface area contributed by atoms with Crippen molar-refractivity contribution in [2.45, 2.75) is 29.7 Å². The number of hydrogen-bond acceptors (Lipinski definition) is 9. The molecule has 4 N–H and O–H groups in total. The van der Waals surface area contributed by atoms with Crippen LogP contribution in [-0.4, -0.2) is 50.2 Å². The maximum Gasteiger partial charge on any atom is 0.328 e. The van der Waals surface area contributed by atoms with E-state index in [1.807, 2.05) is 0 Å². The minimum Gasteiger partial charge on any atom is -0.504 e. The predicted octanol–water partition coefficient (Wildman–Crippen LogP) is 2.32. The fourth-order valence-electron chi connectivity index (χ4n) is 4.69. The SMILES string of the molecule is CCOc1cc([C@@H]2c3sc(=O)n(CC(=O)Nc4ccccc4)c3SC3C(=O)N(C(N)=O)C(=O)C32)ccc1O. The molecule has 2 aliphatic heterocycles.